The number of aryl methyl sites for hydroxylation is 1. The van der Waals surface area contributed by atoms with E-state index in [1.54, 1.807) is 6.92 Å². The van der Waals surface area contributed by atoms with Crippen LogP contribution in [0.5, 0.6) is 11.5 Å². The van der Waals surface area contributed by atoms with Crippen molar-refractivity contribution in [2.24, 2.45) is 11.8 Å². The molecule has 1 fully saturated rings. The average molecular weight is 328 g/mol. The lowest BCUT2D eigenvalue weighted by Gasteiger charge is -2.18. The third kappa shape index (κ3) is 2.85. The molecule has 1 heterocycles. The van der Waals surface area contributed by atoms with Gasteiger partial charge in [-0.05, 0) is 56.7 Å². The molecule has 1 N–H and O–H groups in total. The number of hydrogen-bond acceptors (Lipinski definition) is 3. The van der Waals surface area contributed by atoms with Crippen LogP contribution in [0, 0.1) is 11.8 Å². The number of carbonyl (C=O) groups excluding carboxylic acids is 1. The van der Waals surface area contributed by atoms with E-state index in [0.717, 1.165) is 41.7 Å². The Kier molecular flexibility index (Phi) is 4.71. The van der Waals surface area contributed by atoms with Crippen LogP contribution in [-0.2, 0) is 11.2 Å². The highest BCUT2D eigenvalue weighted by molar-refractivity contribution is 5.80. The van der Waals surface area contributed by atoms with Crippen molar-refractivity contribution < 1.29 is 14.6 Å². The predicted octanol–water partition coefficient (Wildman–Crippen LogP) is 4.77. The lowest BCUT2D eigenvalue weighted by Crippen LogP contribution is -2.27. The van der Waals surface area contributed by atoms with E-state index in [-0.39, 0.29) is 29.6 Å². The number of phenols is 1. The number of phenolic OH excluding ortho intramolecular Hbond substituents is 1. The van der Waals surface area contributed by atoms with Crippen molar-refractivity contribution >= 4 is 5.78 Å². The lowest BCUT2D eigenvalue weighted by molar-refractivity contribution is -0.122. The fraction of sp³-hybridized carbons (Fsp3) is 0.571. The maximum atomic E-state index is 12.1. The Morgan fingerprint density at radius 2 is 2.04 bits per heavy atom. The first-order valence-corrected chi connectivity index (χ1v) is 9.12. The molecule has 3 rings (SSSR count). The summed E-state index contributed by atoms with van der Waals surface area (Å²) in [5.74, 6) is 1.41. The first-order chi connectivity index (χ1) is 11.4. The van der Waals surface area contributed by atoms with Gasteiger partial charge in [0.15, 0.2) is 0 Å². The van der Waals surface area contributed by atoms with Crippen LogP contribution in [0.3, 0.4) is 0 Å². The Balaban J connectivity index is 1.94. The summed E-state index contributed by atoms with van der Waals surface area (Å²) in [5, 5.41) is 10.6. The Labute approximate surface area is 144 Å². The summed E-state index contributed by atoms with van der Waals surface area (Å²) in [6, 6.07) is 3.95. The number of unbranched alkanes of at least 4 members (excludes halogenated alkanes) is 2. The van der Waals surface area contributed by atoms with Crippen molar-refractivity contribution in [2.45, 2.75) is 64.9 Å². The summed E-state index contributed by atoms with van der Waals surface area (Å²) < 4.78 is 6.19. The van der Waals surface area contributed by atoms with E-state index in [9.17, 15) is 9.90 Å². The molecule has 0 spiro atoms. The van der Waals surface area contributed by atoms with Crippen molar-refractivity contribution in [3.05, 3.63) is 35.4 Å². The molecule has 1 aromatic rings. The van der Waals surface area contributed by atoms with Gasteiger partial charge in [0.05, 0.1) is 5.92 Å². The number of ether oxygens (including phenoxy) is 1. The number of benzene rings is 1. The highest BCUT2D eigenvalue weighted by atomic mass is 16.5. The highest BCUT2D eigenvalue weighted by Gasteiger charge is 2.53. The van der Waals surface area contributed by atoms with Crippen LogP contribution in [-0.4, -0.2) is 17.0 Å². The number of rotatable bonds is 6. The zero-order valence-corrected chi connectivity index (χ0v) is 15.0. The van der Waals surface area contributed by atoms with Gasteiger partial charge < -0.3 is 9.84 Å². The fourth-order valence-corrected chi connectivity index (χ4v) is 4.43. The van der Waals surface area contributed by atoms with E-state index in [1.165, 1.54) is 12.8 Å². The summed E-state index contributed by atoms with van der Waals surface area (Å²) in [4.78, 5) is 12.1. The number of allylic oxidation sites excluding steroid dienone is 1. The second-order valence-corrected chi connectivity index (χ2v) is 7.50. The Hall–Kier alpha value is -1.77. The number of aromatic hydroxyl groups is 1. The maximum absolute atomic E-state index is 12.1. The summed E-state index contributed by atoms with van der Waals surface area (Å²) in [6.07, 6.45) is 5.05. The van der Waals surface area contributed by atoms with Gasteiger partial charge >= 0.3 is 0 Å². The Morgan fingerprint density at radius 1 is 1.29 bits per heavy atom. The molecular formula is C21H28O3. The number of Topliss-reactive ketones (excluding diaryl/α,β-unsaturated/α-hetero) is 1. The molecule has 3 heteroatoms. The minimum Gasteiger partial charge on any atom is -0.508 e. The van der Waals surface area contributed by atoms with Crippen molar-refractivity contribution in [2.75, 3.05) is 0 Å². The second kappa shape index (κ2) is 6.62. The second-order valence-electron chi connectivity index (χ2n) is 7.50. The quantitative estimate of drug-likeness (QED) is 0.604. The van der Waals surface area contributed by atoms with E-state index < -0.39 is 0 Å². The van der Waals surface area contributed by atoms with Crippen LogP contribution in [0.1, 0.15) is 63.5 Å². The first-order valence-electron chi connectivity index (χ1n) is 9.12. The molecule has 1 saturated carbocycles. The fourth-order valence-electron chi connectivity index (χ4n) is 4.43. The van der Waals surface area contributed by atoms with Crippen molar-refractivity contribution in [1.29, 1.82) is 0 Å². The molecular weight excluding hydrogens is 300 g/mol. The summed E-state index contributed by atoms with van der Waals surface area (Å²) >= 11 is 0. The van der Waals surface area contributed by atoms with Gasteiger partial charge in [-0.2, -0.15) is 0 Å². The molecule has 0 amide bonds. The molecule has 4 atom stereocenters. The first kappa shape index (κ1) is 17.1. The smallest absolute Gasteiger partial charge is 0.136 e. The van der Waals surface area contributed by atoms with E-state index in [0.29, 0.717) is 5.75 Å². The SMILES string of the molecule is C=C(C)[C@@H]1C[C@H](C(C)=O)C2Oc3cc(CCCCC)cc(O)c3C21. The van der Waals surface area contributed by atoms with Crippen LogP contribution < -0.4 is 4.74 Å². The summed E-state index contributed by atoms with van der Waals surface area (Å²) in [7, 11) is 0. The van der Waals surface area contributed by atoms with E-state index in [4.69, 9.17) is 4.74 Å². The van der Waals surface area contributed by atoms with Gasteiger partial charge in [-0.15, -0.1) is 0 Å². The molecule has 24 heavy (non-hydrogen) atoms. The van der Waals surface area contributed by atoms with Gasteiger partial charge in [-0.3, -0.25) is 4.79 Å². The largest absolute Gasteiger partial charge is 0.508 e. The standard InChI is InChI=1S/C21H28O3/c1-5-6-7-8-14-9-17(23)20-18(10-14)24-21-16(13(4)22)11-15(12(2)3)19(20)21/h9-10,15-16,19,21,23H,2,5-8,11H2,1,3-4H3/t15-,16+,19?,21?/m0/s1. The van der Waals surface area contributed by atoms with Gasteiger partial charge in [0.2, 0.25) is 0 Å². The summed E-state index contributed by atoms with van der Waals surface area (Å²) in [6.45, 7) is 9.95. The number of carbonyl (C=O) groups is 1. The van der Waals surface area contributed by atoms with E-state index in [1.807, 2.05) is 13.0 Å². The Bertz CT molecular complexity index is 661. The minimum atomic E-state index is -0.156. The molecule has 0 radical (unpaired) electrons. The summed E-state index contributed by atoms with van der Waals surface area (Å²) in [5.41, 5.74) is 3.07. The molecule has 0 bridgehead atoms. The molecule has 0 saturated heterocycles. The molecule has 3 nitrogen and oxygen atoms in total. The monoisotopic (exact) mass is 328 g/mol. The topological polar surface area (TPSA) is 46.5 Å². The van der Waals surface area contributed by atoms with Gasteiger partial charge in [-0.1, -0.05) is 31.9 Å². The molecule has 2 unspecified atom stereocenters. The molecule has 130 valence electrons. The van der Waals surface area contributed by atoms with Gasteiger partial charge in [0.1, 0.15) is 23.4 Å². The van der Waals surface area contributed by atoms with Crippen molar-refractivity contribution in [3.8, 4) is 11.5 Å². The van der Waals surface area contributed by atoms with Gasteiger partial charge in [0.25, 0.3) is 0 Å². The molecule has 2 aliphatic rings. The van der Waals surface area contributed by atoms with Gasteiger partial charge in [-0.25, -0.2) is 0 Å². The normalized spacial score (nSPS) is 27.5. The van der Waals surface area contributed by atoms with Crippen molar-refractivity contribution in [3.63, 3.8) is 0 Å². The van der Waals surface area contributed by atoms with E-state index in [2.05, 4.69) is 19.6 Å². The predicted molar refractivity (Wildman–Crippen MR) is 95.6 cm³/mol. The van der Waals surface area contributed by atoms with Crippen LogP contribution in [0.15, 0.2) is 24.3 Å². The van der Waals surface area contributed by atoms with Crippen LogP contribution in [0.4, 0.5) is 0 Å². The van der Waals surface area contributed by atoms with Crippen LogP contribution in [0.2, 0.25) is 0 Å². The third-order valence-electron chi connectivity index (χ3n) is 5.69. The van der Waals surface area contributed by atoms with Crippen molar-refractivity contribution in [1.82, 2.24) is 0 Å². The zero-order chi connectivity index (χ0) is 17.4. The maximum Gasteiger partial charge on any atom is 0.136 e. The number of fused-ring (bicyclic) bond motifs is 3. The number of ketones is 1. The van der Waals surface area contributed by atoms with Gasteiger partial charge in [0, 0.05) is 11.5 Å². The minimum absolute atomic E-state index is 0.0519. The molecule has 1 aromatic carbocycles. The van der Waals surface area contributed by atoms with E-state index >= 15 is 0 Å². The zero-order valence-electron chi connectivity index (χ0n) is 15.0. The molecule has 1 aliphatic carbocycles. The molecule has 1 aliphatic heterocycles. The van der Waals surface area contributed by atoms with Crippen LogP contribution in [0.25, 0.3) is 0 Å². The average Bonchev–Trinajstić information content (AvgIpc) is 3.03. The highest BCUT2D eigenvalue weighted by Crippen LogP contribution is 2.57. The molecule has 0 aromatic heterocycles. The Morgan fingerprint density at radius 3 is 2.67 bits per heavy atom. The van der Waals surface area contributed by atoms with Crippen LogP contribution >= 0.6 is 0 Å². The lowest BCUT2D eigenvalue weighted by atomic mass is 9.84. The third-order valence-corrected chi connectivity index (χ3v) is 5.69. The number of hydrogen-bond donors (Lipinski definition) is 1.